The van der Waals surface area contributed by atoms with Crippen LogP contribution < -0.4 is 11.1 Å². The lowest BCUT2D eigenvalue weighted by molar-refractivity contribution is 0.412. The molecule has 0 spiro atoms. The van der Waals surface area contributed by atoms with Crippen LogP contribution in [0.4, 0.5) is 0 Å². The first kappa shape index (κ1) is 16.1. The van der Waals surface area contributed by atoms with Crippen molar-refractivity contribution in [2.75, 3.05) is 6.54 Å². The molecular formula is C18H26IN3. The Morgan fingerprint density at radius 1 is 1.18 bits per heavy atom. The largest absolute Gasteiger partial charge is 0.370 e. The highest BCUT2D eigenvalue weighted by Gasteiger charge is 2.54. The van der Waals surface area contributed by atoms with E-state index in [0.717, 1.165) is 24.3 Å². The van der Waals surface area contributed by atoms with Crippen molar-refractivity contribution in [1.29, 1.82) is 0 Å². The summed E-state index contributed by atoms with van der Waals surface area (Å²) in [4.78, 5) is 4.62. The number of benzene rings is 1. The van der Waals surface area contributed by atoms with E-state index in [2.05, 4.69) is 34.6 Å². The van der Waals surface area contributed by atoms with Crippen LogP contribution >= 0.6 is 24.0 Å². The van der Waals surface area contributed by atoms with E-state index in [-0.39, 0.29) is 24.0 Å². The average Bonchev–Trinajstić information content (AvgIpc) is 3.05. The molecule has 1 aromatic carbocycles. The smallest absolute Gasteiger partial charge is 0.188 e. The van der Waals surface area contributed by atoms with Crippen LogP contribution in [0, 0.1) is 11.8 Å². The second-order valence-electron chi connectivity index (χ2n) is 6.96. The predicted molar refractivity (Wildman–Crippen MR) is 102 cm³/mol. The standard InChI is InChI=1S/C18H25N3.HI/c19-18(21-13-7-2-1-3-8-13)20-11-16-15-10-12-6-4-5-9-14(12)17(15)16;/h4-6,9,13,15-17H,1-3,7-8,10-11H2,(H3,19,20,21);1H. The van der Waals surface area contributed by atoms with Gasteiger partial charge >= 0.3 is 0 Å². The van der Waals surface area contributed by atoms with Crippen molar-refractivity contribution >= 4 is 29.9 Å². The van der Waals surface area contributed by atoms with Gasteiger partial charge in [-0.2, -0.15) is 0 Å². The molecule has 0 aliphatic heterocycles. The molecule has 0 heterocycles. The molecule has 0 aromatic heterocycles. The SMILES string of the molecule is I.NC(=NCC1C2Cc3ccccc3C12)NC1CCCCC1. The minimum atomic E-state index is 0. The molecule has 1 aromatic rings. The average molecular weight is 411 g/mol. The number of halogens is 1. The van der Waals surface area contributed by atoms with Gasteiger partial charge in [0, 0.05) is 12.6 Å². The minimum Gasteiger partial charge on any atom is -0.370 e. The Bertz CT molecular complexity index is 551. The number of nitrogens with zero attached hydrogens (tertiary/aromatic N) is 1. The molecule has 2 saturated carbocycles. The van der Waals surface area contributed by atoms with Gasteiger partial charge in [0.1, 0.15) is 0 Å². The second-order valence-corrected chi connectivity index (χ2v) is 6.96. The van der Waals surface area contributed by atoms with E-state index in [4.69, 9.17) is 5.73 Å². The molecule has 0 bridgehead atoms. The van der Waals surface area contributed by atoms with Crippen molar-refractivity contribution in [2.45, 2.75) is 50.5 Å². The van der Waals surface area contributed by atoms with Gasteiger partial charge in [-0.1, -0.05) is 43.5 Å². The number of rotatable bonds is 3. The van der Waals surface area contributed by atoms with Gasteiger partial charge in [0.05, 0.1) is 0 Å². The fraction of sp³-hybridized carbons (Fsp3) is 0.611. The van der Waals surface area contributed by atoms with Gasteiger partial charge < -0.3 is 11.1 Å². The number of fused-ring (bicyclic) bond motifs is 3. The molecule has 3 aliphatic carbocycles. The summed E-state index contributed by atoms with van der Waals surface area (Å²) in [6, 6.07) is 9.46. The Kier molecular flexibility index (Phi) is 4.95. The molecule has 3 atom stereocenters. The third-order valence-electron chi connectivity index (χ3n) is 5.63. The van der Waals surface area contributed by atoms with E-state index in [1.807, 2.05) is 0 Å². The molecule has 0 radical (unpaired) electrons. The first-order chi connectivity index (χ1) is 10.3. The molecule has 3 aliphatic rings. The molecule has 22 heavy (non-hydrogen) atoms. The molecule has 3 N–H and O–H groups in total. The number of hydrogen-bond donors (Lipinski definition) is 2. The fourth-order valence-electron chi connectivity index (χ4n) is 4.44. The normalized spacial score (nSPS) is 30.2. The van der Waals surface area contributed by atoms with Crippen LogP contribution in [-0.2, 0) is 6.42 Å². The summed E-state index contributed by atoms with van der Waals surface area (Å²) in [6.45, 7) is 0.898. The molecule has 2 fully saturated rings. The Hall–Kier alpha value is -0.780. The molecule has 120 valence electrons. The van der Waals surface area contributed by atoms with Crippen LogP contribution in [0.2, 0.25) is 0 Å². The van der Waals surface area contributed by atoms with Gasteiger partial charge in [0.25, 0.3) is 0 Å². The third-order valence-corrected chi connectivity index (χ3v) is 5.63. The van der Waals surface area contributed by atoms with Crippen LogP contribution in [0.3, 0.4) is 0 Å². The highest BCUT2D eigenvalue weighted by atomic mass is 127. The van der Waals surface area contributed by atoms with Crippen LogP contribution in [0.1, 0.15) is 49.1 Å². The summed E-state index contributed by atoms with van der Waals surface area (Å²) < 4.78 is 0. The Labute approximate surface area is 150 Å². The second kappa shape index (κ2) is 6.77. The van der Waals surface area contributed by atoms with Crippen LogP contribution in [0.5, 0.6) is 0 Å². The van der Waals surface area contributed by atoms with Crippen molar-refractivity contribution < 1.29 is 0 Å². The van der Waals surface area contributed by atoms with Crippen LogP contribution in [0.15, 0.2) is 29.3 Å². The Morgan fingerprint density at radius 2 is 1.95 bits per heavy atom. The zero-order chi connectivity index (χ0) is 14.2. The van der Waals surface area contributed by atoms with Gasteiger partial charge in [-0.25, -0.2) is 0 Å². The lowest BCUT2D eigenvalue weighted by atomic mass is 9.96. The molecule has 4 heteroatoms. The predicted octanol–water partition coefficient (Wildman–Crippen LogP) is 3.43. The number of nitrogens with one attached hydrogen (secondary N) is 1. The van der Waals surface area contributed by atoms with Crippen molar-refractivity contribution in [2.24, 2.45) is 22.6 Å². The van der Waals surface area contributed by atoms with E-state index in [1.165, 1.54) is 38.5 Å². The van der Waals surface area contributed by atoms with Gasteiger partial charge in [-0.3, -0.25) is 4.99 Å². The van der Waals surface area contributed by atoms with Gasteiger partial charge in [0.2, 0.25) is 0 Å². The van der Waals surface area contributed by atoms with Gasteiger partial charge in [-0.05, 0) is 48.1 Å². The third kappa shape index (κ3) is 3.12. The van der Waals surface area contributed by atoms with E-state index in [0.29, 0.717) is 12.0 Å². The van der Waals surface area contributed by atoms with E-state index in [9.17, 15) is 0 Å². The molecule has 3 unspecified atom stereocenters. The van der Waals surface area contributed by atoms with Crippen LogP contribution in [-0.4, -0.2) is 18.5 Å². The molecule has 4 rings (SSSR count). The van der Waals surface area contributed by atoms with Crippen molar-refractivity contribution in [1.82, 2.24) is 5.32 Å². The summed E-state index contributed by atoms with van der Waals surface area (Å²) >= 11 is 0. The zero-order valence-corrected chi connectivity index (χ0v) is 15.3. The number of nitrogens with two attached hydrogens (primary N) is 1. The monoisotopic (exact) mass is 411 g/mol. The topological polar surface area (TPSA) is 50.4 Å². The maximum absolute atomic E-state index is 6.06. The summed E-state index contributed by atoms with van der Waals surface area (Å²) in [6.07, 6.45) is 7.77. The van der Waals surface area contributed by atoms with Crippen molar-refractivity contribution in [3.8, 4) is 0 Å². The molecule has 0 amide bonds. The number of aliphatic imine (C=N–C) groups is 1. The van der Waals surface area contributed by atoms with E-state index < -0.39 is 0 Å². The summed E-state index contributed by atoms with van der Waals surface area (Å²) in [5, 5.41) is 3.41. The van der Waals surface area contributed by atoms with E-state index >= 15 is 0 Å². The maximum Gasteiger partial charge on any atom is 0.188 e. The number of guanidine groups is 1. The molecular weight excluding hydrogens is 385 g/mol. The zero-order valence-electron chi connectivity index (χ0n) is 13.0. The number of hydrogen-bond acceptors (Lipinski definition) is 1. The van der Waals surface area contributed by atoms with Gasteiger partial charge in [-0.15, -0.1) is 24.0 Å². The minimum absolute atomic E-state index is 0. The first-order valence-electron chi connectivity index (χ1n) is 8.47. The lowest BCUT2D eigenvalue weighted by Gasteiger charge is -2.23. The van der Waals surface area contributed by atoms with Crippen molar-refractivity contribution in [3.63, 3.8) is 0 Å². The molecule has 0 saturated heterocycles. The summed E-state index contributed by atoms with van der Waals surface area (Å²) in [5.41, 5.74) is 9.19. The summed E-state index contributed by atoms with van der Waals surface area (Å²) in [5.74, 6) is 2.98. The first-order valence-corrected chi connectivity index (χ1v) is 8.47. The summed E-state index contributed by atoms with van der Waals surface area (Å²) in [7, 11) is 0. The highest BCUT2D eigenvalue weighted by Crippen LogP contribution is 2.61. The van der Waals surface area contributed by atoms with Crippen LogP contribution in [0.25, 0.3) is 0 Å². The maximum atomic E-state index is 6.06. The Balaban J connectivity index is 0.00000144. The fourth-order valence-corrected chi connectivity index (χ4v) is 4.44. The van der Waals surface area contributed by atoms with Gasteiger partial charge in [0.15, 0.2) is 5.96 Å². The highest BCUT2D eigenvalue weighted by molar-refractivity contribution is 14.0. The molecule has 3 nitrogen and oxygen atoms in total. The Morgan fingerprint density at radius 3 is 2.77 bits per heavy atom. The van der Waals surface area contributed by atoms with E-state index in [1.54, 1.807) is 11.1 Å². The lowest BCUT2D eigenvalue weighted by Crippen LogP contribution is -2.41. The quantitative estimate of drug-likeness (QED) is 0.455. The van der Waals surface area contributed by atoms with Crippen molar-refractivity contribution in [3.05, 3.63) is 35.4 Å².